The molecule has 0 fully saturated rings. The Bertz CT molecular complexity index is 1010. The van der Waals surface area contributed by atoms with Gasteiger partial charge in [0.15, 0.2) is 0 Å². The van der Waals surface area contributed by atoms with Crippen molar-refractivity contribution in [2.45, 2.75) is 77.0 Å². The molecule has 0 aliphatic heterocycles. The number of alkyl halides is 6. The van der Waals surface area contributed by atoms with E-state index >= 15 is 0 Å². The molecule has 0 atom stereocenters. The average Bonchev–Trinajstić information content (AvgIpc) is 2.60. The van der Waals surface area contributed by atoms with E-state index in [2.05, 4.69) is 4.52 Å². The van der Waals surface area contributed by atoms with Crippen molar-refractivity contribution in [3.8, 4) is 0 Å². The van der Waals surface area contributed by atoms with Crippen LogP contribution < -0.4 is 3.27 Å². The minimum absolute atomic E-state index is 0.109. The van der Waals surface area contributed by atoms with E-state index in [1.54, 1.807) is 41.5 Å². The van der Waals surface area contributed by atoms with Crippen LogP contribution in [0.1, 0.15) is 52.7 Å². The summed E-state index contributed by atoms with van der Waals surface area (Å²) in [7, 11) is -13.1. The number of rotatable bonds is 9. The first kappa shape index (κ1) is 32.5. The summed E-state index contributed by atoms with van der Waals surface area (Å²) in [6.07, 6.45) is 0. The Morgan fingerprint density at radius 1 is 0.686 bits per heavy atom. The van der Waals surface area contributed by atoms with Gasteiger partial charge in [0, 0.05) is 0 Å². The second-order valence-corrected chi connectivity index (χ2v) is 19.2. The molecule has 1 aromatic rings. The van der Waals surface area contributed by atoms with Crippen LogP contribution in [-0.2, 0) is 47.4 Å². The van der Waals surface area contributed by atoms with Gasteiger partial charge in [-0.05, 0) is 0 Å². The molecule has 0 N–H and O–H groups in total. The van der Waals surface area contributed by atoms with Gasteiger partial charge in [-0.3, -0.25) is 0 Å². The second kappa shape index (κ2) is 11.0. The Kier molecular flexibility index (Phi) is 10.2. The van der Waals surface area contributed by atoms with Gasteiger partial charge in [-0.2, -0.15) is 0 Å². The minimum atomic E-state index is -6.53. The van der Waals surface area contributed by atoms with Crippen LogP contribution in [0.15, 0.2) is 18.2 Å². The zero-order valence-electron chi connectivity index (χ0n) is 19.4. The van der Waals surface area contributed by atoms with E-state index in [1.165, 1.54) is 18.2 Å². The maximum absolute atomic E-state index is 13.0. The van der Waals surface area contributed by atoms with Crippen molar-refractivity contribution in [2.24, 2.45) is 0 Å². The molecule has 0 aliphatic carbocycles. The van der Waals surface area contributed by atoms with E-state index in [1.807, 2.05) is 0 Å². The van der Waals surface area contributed by atoms with E-state index in [0.29, 0.717) is 0 Å². The Morgan fingerprint density at radius 2 is 1.00 bits per heavy atom. The first-order chi connectivity index (χ1) is 15.4. The van der Waals surface area contributed by atoms with Crippen molar-refractivity contribution in [3.63, 3.8) is 0 Å². The summed E-state index contributed by atoms with van der Waals surface area (Å²) in [5, 5.41) is 0. The normalized spacial score (nSPS) is 14.5. The van der Waals surface area contributed by atoms with Gasteiger partial charge in [-0.15, -0.1) is 0 Å². The van der Waals surface area contributed by atoms with Gasteiger partial charge in [0.1, 0.15) is 0 Å². The topological polar surface area (TPSA) is 105 Å². The standard InChI is InChI=1S/C16H25O2.2CHF3O3S.Bi/c1-15(2,3)17-11-13-8-7-9-14(10-13)12-18-16(4,5)6;2*2-1(3,4)8(5,6)7;/h7-9H,11-12H2,1-6H3;2*(H,5,6,7);/q;;;+2/p-2. The maximum atomic E-state index is 13.0. The fraction of sp³-hybridized carbons (Fsp3) is 0.667. The first-order valence-electron chi connectivity index (χ1n) is 9.57. The zero-order valence-corrected chi connectivity index (χ0v) is 24.6. The number of hydrogen-bond donors (Lipinski definition) is 0. The quantitative estimate of drug-likeness (QED) is 0.214. The van der Waals surface area contributed by atoms with Crippen LogP contribution in [0.2, 0.25) is 0 Å². The van der Waals surface area contributed by atoms with E-state index in [0.717, 1.165) is 0 Å². The Morgan fingerprint density at radius 3 is 1.26 bits per heavy atom. The van der Waals surface area contributed by atoms with Crippen molar-refractivity contribution in [3.05, 3.63) is 29.3 Å². The van der Waals surface area contributed by atoms with Crippen molar-refractivity contribution in [1.82, 2.24) is 0 Å². The number of benzene rings is 1. The number of ether oxygens (including phenoxy) is 2. The van der Waals surface area contributed by atoms with E-state index in [9.17, 15) is 43.2 Å². The summed E-state index contributed by atoms with van der Waals surface area (Å²) >= 11 is -5.94. The van der Waals surface area contributed by atoms with Gasteiger partial charge in [-0.1, -0.05) is 0 Å². The molecule has 204 valence electrons. The molecule has 0 spiro atoms. The Balaban J connectivity index is 3.80. The molecule has 0 aliphatic rings. The molecule has 17 heteroatoms. The van der Waals surface area contributed by atoms with E-state index < -0.39 is 81.6 Å². The number of halogens is 6. The summed E-state index contributed by atoms with van der Waals surface area (Å²) in [4.78, 5) is 0. The van der Waals surface area contributed by atoms with Crippen LogP contribution in [0.5, 0.6) is 0 Å². The molecule has 0 heterocycles. The molecule has 1 aromatic carbocycles. The third kappa shape index (κ3) is 10.0. The molecule has 0 bridgehead atoms. The van der Waals surface area contributed by atoms with Crippen LogP contribution >= 0.6 is 0 Å². The molecule has 0 unspecified atom stereocenters. The zero-order chi connectivity index (χ0) is 27.7. The second-order valence-electron chi connectivity index (χ2n) is 8.93. The predicted octanol–water partition coefficient (Wildman–Crippen LogP) is 3.74. The molecule has 1 rings (SSSR count). The Hall–Kier alpha value is -0.577. The fourth-order valence-corrected chi connectivity index (χ4v) is 14.5. The van der Waals surface area contributed by atoms with Crippen LogP contribution in [0, 0.1) is 0 Å². The van der Waals surface area contributed by atoms with Crippen molar-refractivity contribution in [2.75, 3.05) is 0 Å². The third-order valence-corrected chi connectivity index (χ3v) is 16.8. The van der Waals surface area contributed by atoms with Crippen molar-refractivity contribution in [1.29, 1.82) is 0 Å². The molecule has 8 nitrogen and oxygen atoms in total. The van der Waals surface area contributed by atoms with Crippen molar-refractivity contribution >= 4 is 46.1 Å². The summed E-state index contributed by atoms with van der Waals surface area (Å²) in [6, 6.07) is 3.80. The molecule has 35 heavy (non-hydrogen) atoms. The summed E-state index contributed by atoms with van der Waals surface area (Å²) in [5.41, 5.74) is -14.0. The van der Waals surface area contributed by atoms with Gasteiger partial charge in [0.25, 0.3) is 0 Å². The van der Waals surface area contributed by atoms with Crippen LogP contribution in [0.25, 0.3) is 0 Å². The Labute approximate surface area is 209 Å². The molecule has 0 aromatic heterocycles. The van der Waals surface area contributed by atoms with Gasteiger partial charge in [-0.25, -0.2) is 0 Å². The summed E-state index contributed by atoms with van der Waals surface area (Å²) in [5.74, 6) is 0. The molecular weight excluding hydrogens is 731 g/mol. The number of hydrogen-bond acceptors (Lipinski definition) is 8. The van der Waals surface area contributed by atoms with Crippen LogP contribution in [0.3, 0.4) is 0 Å². The fourth-order valence-electron chi connectivity index (χ4n) is 2.05. The molecule has 0 radical (unpaired) electrons. The summed E-state index contributed by atoms with van der Waals surface area (Å²) < 4.78 is 144. The summed E-state index contributed by atoms with van der Waals surface area (Å²) in [6.45, 7) is 8.77. The van der Waals surface area contributed by atoms with Crippen LogP contribution in [-0.4, -0.2) is 61.7 Å². The monoisotopic (exact) mass is 756 g/mol. The van der Waals surface area contributed by atoms with Crippen molar-refractivity contribution < 1.29 is 57.2 Å². The third-order valence-electron chi connectivity index (χ3n) is 3.61. The first-order valence-corrected chi connectivity index (χ1v) is 17.0. The van der Waals surface area contributed by atoms with Crippen LogP contribution in [0.4, 0.5) is 26.3 Å². The van der Waals surface area contributed by atoms with Gasteiger partial charge < -0.3 is 0 Å². The molecule has 0 amide bonds. The van der Waals surface area contributed by atoms with Gasteiger partial charge >= 0.3 is 210 Å². The van der Waals surface area contributed by atoms with E-state index in [-0.39, 0.29) is 11.1 Å². The molecule has 0 saturated carbocycles. The van der Waals surface area contributed by atoms with Gasteiger partial charge in [0.05, 0.1) is 0 Å². The average molecular weight is 756 g/mol. The SMILES string of the molecule is CC(C)(C)OCc1cccc(COC(C)(C)C)[c]1[Bi]([O]S(=O)(=O)C(F)(F)F)[O]S(=O)(=O)C(F)(F)F. The predicted molar refractivity (Wildman–Crippen MR) is 113 cm³/mol. The molecular formula is C18H25BiF6O8S2. The van der Waals surface area contributed by atoms with Gasteiger partial charge in [0.2, 0.25) is 0 Å². The molecule has 0 saturated heterocycles. The van der Waals surface area contributed by atoms with E-state index in [4.69, 9.17) is 9.47 Å².